The Kier molecular flexibility index (Phi) is 9.21. The number of aryl methyl sites for hydroxylation is 1. The average Bonchev–Trinajstić information content (AvgIpc) is 3.36. The summed E-state index contributed by atoms with van der Waals surface area (Å²) >= 11 is 0. The van der Waals surface area contributed by atoms with Crippen LogP contribution in [0, 0.1) is 5.92 Å². The molecule has 0 saturated carbocycles. The lowest BCUT2D eigenvalue weighted by Crippen LogP contribution is -2.45. The molecule has 0 amide bonds. The third-order valence-electron chi connectivity index (χ3n) is 5.80. The average molecular weight is 540 g/mol. The van der Waals surface area contributed by atoms with Gasteiger partial charge in [0.1, 0.15) is 5.75 Å². The lowest BCUT2D eigenvalue weighted by molar-refractivity contribution is 0.271. The summed E-state index contributed by atoms with van der Waals surface area (Å²) in [5.41, 5.74) is 2.59. The van der Waals surface area contributed by atoms with Gasteiger partial charge >= 0.3 is 0 Å². The summed E-state index contributed by atoms with van der Waals surface area (Å²) in [5.74, 6) is 2.96. The Morgan fingerprint density at radius 2 is 2.00 bits per heavy atom. The van der Waals surface area contributed by atoms with E-state index in [1.54, 1.807) is 0 Å². The van der Waals surface area contributed by atoms with Gasteiger partial charge in [0, 0.05) is 51.3 Å². The lowest BCUT2D eigenvalue weighted by atomic mass is 9.84. The van der Waals surface area contributed by atoms with Gasteiger partial charge in [0.05, 0.1) is 12.8 Å². The van der Waals surface area contributed by atoms with E-state index in [1.165, 1.54) is 11.1 Å². The van der Waals surface area contributed by atoms with Crippen LogP contribution in [0.4, 0.5) is 0 Å². The first kappa shape index (κ1) is 25.5. The van der Waals surface area contributed by atoms with Crippen LogP contribution in [0.15, 0.2) is 41.7 Å². The minimum absolute atomic E-state index is 0. The molecule has 31 heavy (non-hydrogen) atoms. The van der Waals surface area contributed by atoms with E-state index >= 15 is 0 Å². The third kappa shape index (κ3) is 6.85. The summed E-state index contributed by atoms with van der Waals surface area (Å²) in [4.78, 5) is 6.90. The van der Waals surface area contributed by atoms with Gasteiger partial charge in [-0.1, -0.05) is 39.8 Å². The molecule has 1 atom stereocenters. The van der Waals surface area contributed by atoms with E-state index < -0.39 is 0 Å². The monoisotopic (exact) mass is 539 g/mol. The van der Waals surface area contributed by atoms with Gasteiger partial charge in [0.15, 0.2) is 5.96 Å². The van der Waals surface area contributed by atoms with Crippen LogP contribution in [0.1, 0.15) is 51.2 Å². The first-order chi connectivity index (χ1) is 14.3. The number of rotatable bonds is 7. The van der Waals surface area contributed by atoms with E-state index in [1.807, 2.05) is 25.0 Å². The van der Waals surface area contributed by atoms with Crippen LogP contribution in [-0.4, -0.2) is 53.9 Å². The van der Waals surface area contributed by atoms with E-state index in [0.717, 1.165) is 44.4 Å². The molecule has 1 aromatic carbocycles. The molecule has 1 fully saturated rings. The molecule has 1 N–H and O–H groups in total. The third-order valence-corrected chi connectivity index (χ3v) is 5.80. The molecule has 1 aromatic heterocycles. The van der Waals surface area contributed by atoms with Crippen molar-refractivity contribution < 1.29 is 4.74 Å². The topological polar surface area (TPSA) is 54.7 Å². The fraction of sp³-hybridized carbons (Fsp3) is 0.583. The van der Waals surface area contributed by atoms with Gasteiger partial charge in [0.2, 0.25) is 0 Å². The number of likely N-dealkylation sites (tertiary alicyclic amines) is 1. The highest BCUT2D eigenvalue weighted by Crippen LogP contribution is 2.28. The van der Waals surface area contributed by atoms with Crippen LogP contribution in [0.2, 0.25) is 0 Å². The Morgan fingerprint density at radius 1 is 1.29 bits per heavy atom. The number of aromatic nitrogens is 2. The molecule has 1 aliphatic heterocycles. The maximum Gasteiger partial charge on any atom is 0.193 e. The number of halogens is 1. The fourth-order valence-electron chi connectivity index (χ4n) is 3.88. The first-order valence-corrected chi connectivity index (χ1v) is 11.0. The van der Waals surface area contributed by atoms with Crippen molar-refractivity contribution in [2.24, 2.45) is 18.0 Å². The number of benzene rings is 1. The van der Waals surface area contributed by atoms with Crippen LogP contribution < -0.4 is 10.1 Å². The molecule has 7 heteroatoms. The maximum atomic E-state index is 5.82. The molecule has 0 spiro atoms. The summed E-state index contributed by atoms with van der Waals surface area (Å²) in [6.45, 7) is 12.4. The molecule has 1 unspecified atom stereocenters. The number of hydrogen-bond donors (Lipinski definition) is 1. The van der Waals surface area contributed by atoms with Crippen molar-refractivity contribution in [2.75, 3.05) is 33.3 Å². The molecule has 6 nitrogen and oxygen atoms in total. The maximum absolute atomic E-state index is 5.82. The molecule has 0 radical (unpaired) electrons. The highest BCUT2D eigenvalue weighted by molar-refractivity contribution is 14.0. The van der Waals surface area contributed by atoms with Gasteiger partial charge in [-0.25, -0.2) is 0 Å². The fourth-order valence-corrected chi connectivity index (χ4v) is 3.88. The number of guanidine groups is 1. The van der Waals surface area contributed by atoms with Gasteiger partial charge in [-0.15, -0.1) is 24.0 Å². The number of nitrogens with zero attached hydrogens (tertiary/aromatic N) is 4. The molecule has 3 rings (SSSR count). The van der Waals surface area contributed by atoms with Gasteiger partial charge in [-0.3, -0.25) is 9.67 Å². The summed E-state index contributed by atoms with van der Waals surface area (Å²) in [5, 5.41) is 7.93. The second-order valence-electron chi connectivity index (χ2n) is 9.39. The summed E-state index contributed by atoms with van der Waals surface area (Å²) in [6, 6.07) is 8.50. The van der Waals surface area contributed by atoms with E-state index in [0.29, 0.717) is 11.8 Å². The van der Waals surface area contributed by atoms with E-state index in [4.69, 9.17) is 4.74 Å². The van der Waals surface area contributed by atoms with E-state index in [2.05, 4.69) is 78.5 Å². The quantitative estimate of drug-likeness (QED) is 0.322. The van der Waals surface area contributed by atoms with Crippen molar-refractivity contribution in [2.45, 2.75) is 45.4 Å². The molecule has 1 saturated heterocycles. The van der Waals surface area contributed by atoms with Crippen LogP contribution in [0.5, 0.6) is 5.75 Å². The Morgan fingerprint density at radius 3 is 2.58 bits per heavy atom. The number of aliphatic imine (C=N–C) groups is 1. The standard InChI is InChI=1S/C24H37N5O.HI/c1-18(2)16-30-22-9-7-21(8-10-22)24(3,4)17-26-23(25-5)29-12-11-19(15-29)20-13-27-28(6)14-20;/h7-10,13-14,18-19H,11-12,15-17H2,1-6H3,(H,25,26);1H. The zero-order valence-corrected chi connectivity index (χ0v) is 22.1. The minimum Gasteiger partial charge on any atom is -0.493 e. The Balaban J connectivity index is 0.00000341. The van der Waals surface area contributed by atoms with Gasteiger partial charge in [-0.05, 0) is 35.6 Å². The van der Waals surface area contributed by atoms with Crippen molar-refractivity contribution in [3.8, 4) is 5.75 Å². The molecular formula is C24H38IN5O. The Labute approximate surface area is 204 Å². The summed E-state index contributed by atoms with van der Waals surface area (Å²) < 4.78 is 7.70. The van der Waals surface area contributed by atoms with Crippen LogP contribution in [0.25, 0.3) is 0 Å². The van der Waals surface area contributed by atoms with Gasteiger partial charge < -0.3 is 15.0 Å². The summed E-state index contributed by atoms with van der Waals surface area (Å²) in [6.07, 6.45) is 5.25. The molecule has 0 bridgehead atoms. The second kappa shape index (κ2) is 11.2. The normalized spacial score (nSPS) is 17.1. The first-order valence-electron chi connectivity index (χ1n) is 11.0. The Hall–Kier alpha value is -1.77. The minimum atomic E-state index is -0.0189. The molecule has 0 aliphatic carbocycles. The zero-order chi connectivity index (χ0) is 21.7. The molecule has 1 aliphatic rings. The molecular weight excluding hydrogens is 501 g/mol. The van der Waals surface area contributed by atoms with E-state index in [-0.39, 0.29) is 29.4 Å². The zero-order valence-electron chi connectivity index (χ0n) is 19.8. The number of nitrogens with one attached hydrogen (secondary N) is 1. The van der Waals surface area contributed by atoms with Crippen LogP contribution in [0.3, 0.4) is 0 Å². The van der Waals surface area contributed by atoms with Crippen molar-refractivity contribution in [3.05, 3.63) is 47.8 Å². The molecule has 2 heterocycles. The molecule has 172 valence electrons. The predicted molar refractivity (Wildman–Crippen MR) is 139 cm³/mol. The van der Waals surface area contributed by atoms with Crippen molar-refractivity contribution in [1.29, 1.82) is 0 Å². The predicted octanol–water partition coefficient (Wildman–Crippen LogP) is 4.42. The largest absolute Gasteiger partial charge is 0.493 e. The van der Waals surface area contributed by atoms with Crippen molar-refractivity contribution in [1.82, 2.24) is 20.0 Å². The van der Waals surface area contributed by atoms with Gasteiger partial charge in [-0.2, -0.15) is 5.10 Å². The SMILES string of the molecule is CN=C(NCC(C)(C)c1ccc(OCC(C)C)cc1)N1CCC(c2cnn(C)c2)C1.I. The number of ether oxygens (including phenoxy) is 1. The van der Waals surface area contributed by atoms with Crippen molar-refractivity contribution >= 4 is 29.9 Å². The number of hydrogen-bond acceptors (Lipinski definition) is 3. The molecule has 2 aromatic rings. The highest BCUT2D eigenvalue weighted by atomic mass is 127. The Bertz CT molecular complexity index is 844. The van der Waals surface area contributed by atoms with Gasteiger partial charge in [0.25, 0.3) is 0 Å². The van der Waals surface area contributed by atoms with Crippen LogP contribution in [-0.2, 0) is 12.5 Å². The van der Waals surface area contributed by atoms with E-state index in [9.17, 15) is 0 Å². The lowest BCUT2D eigenvalue weighted by Gasteiger charge is -2.29. The second-order valence-corrected chi connectivity index (χ2v) is 9.39. The van der Waals surface area contributed by atoms with Crippen molar-refractivity contribution in [3.63, 3.8) is 0 Å². The smallest absolute Gasteiger partial charge is 0.193 e. The highest BCUT2D eigenvalue weighted by Gasteiger charge is 2.28. The summed E-state index contributed by atoms with van der Waals surface area (Å²) in [7, 11) is 3.84. The van der Waals surface area contributed by atoms with Crippen LogP contribution >= 0.6 is 24.0 Å².